The van der Waals surface area contributed by atoms with Crippen LogP contribution in [0.2, 0.25) is 25.8 Å². The average Bonchev–Trinajstić information content (AvgIpc) is 2.91. The van der Waals surface area contributed by atoms with E-state index in [-0.39, 0.29) is 23.9 Å². The molecule has 41 heavy (non-hydrogen) atoms. The molecular formula is C27H17BBr2Cl5N4SSn. The molecule has 0 unspecified atom stereocenters. The molecule has 0 N–H and O–H groups in total. The van der Waals surface area contributed by atoms with Crippen LogP contribution in [0.1, 0.15) is 0 Å². The van der Waals surface area contributed by atoms with E-state index in [0.29, 0.717) is 25.8 Å². The van der Waals surface area contributed by atoms with Gasteiger partial charge in [-0.1, -0.05) is 138 Å². The van der Waals surface area contributed by atoms with Gasteiger partial charge < -0.3 is 0 Å². The quantitative estimate of drug-likeness (QED) is 0.0939. The first-order valence-electron chi connectivity index (χ1n) is 11.0. The summed E-state index contributed by atoms with van der Waals surface area (Å²) in [6.07, 6.45) is 1.77. The van der Waals surface area contributed by atoms with Gasteiger partial charge in [0.15, 0.2) is 0 Å². The van der Waals surface area contributed by atoms with Crippen LogP contribution in [-0.4, -0.2) is 46.5 Å². The fourth-order valence-corrected chi connectivity index (χ4v) is 5.54. The Morgan fingerprint density at radius 1 is 0.610 bits per heavy atom. The molecule has 3 radical (unpaired) electrons. The Bertz CT molecular complexity index is 1800. The van der Waals surface area contributed by atoms with Gasteiger partial charge in [-0.3, -0.25) is 0 Å². The van der Waals surface area contributed by atoms with Crippen molar-refractivity contribution in [1.29, 1.82) is 0 Å². The second kappa shape index (κ2) is 18.2. The van der Waals surface area contributed by atoms with Gasteiger partial charge in [-0.2, -0.15) is 0 Å². The second-order valence-corrected chi connectivity index (χ2v) is 11.4. The van der Waals surface area contributed by atoms with Crippen molar-refractivity contribution in [1.82, 2.24) is 15.0 Å². The van der Waals surface area contributed by atoms with Crippen molar-refractivity contribution in [2.24, 2.45) is 4.30 Å². The number of benzene rings is 3. The molecule has 0 amide bonds. The van der Waals surface area contributed by atoms with Crippen LogP contribution in [0.3, 0.4) is 0 Å². The summed E-state index contributed by atoms with van der Waals surface area (Å²) in [6, 6.07) is 24.9. The topological polar surface area (TPSA) is 51.0 Å². The molecule has 0 aliphatic heterocycles. The third kappa shape index (κ3) is 10.8. The van der Waals surface area contributed by atoms with Crippen molar-refractivity contribution < 1.29 is 0 Å². The van der Waals surface area contributed by atoms with E-state index in [1.165, 1.54) is 0 Å². The molecule has 0 bridgehead atoms. The normalized spacial score (nSPS) is 9.83. The number of rotatable bonds is 0. The zero-order valence-corrected chi connectivity index (χ0v) is 32.6. The third-order valence-corrected chi connectivity index (χ3v) is 7.64. The predicted molar refractivity (Wildman–Crippen MR) is 191 cm³/mol. The zero-order valence-electron chi connectivity index (χ0n) is 20.7. The number of aromatic nitrogens is 3. The van der Waals surface area contributed by atoms with Crippen molar-refractivity contribution >= 4 is 167 Å². The average molecular weight is 896 g/mol. The summed E-state index contributed by atoms with van der Waals surface area (Å²) in [5.74, 6) is 0. The van der Waals surface area contributed by atoms with E-state index in [2.05, 4.69) is 71.6 Å². The second-order valence-electron chi connectivity index (χ2n) is 7.61. The van der Waals surface area contributed by atoms with Crippen molar-refractivity contribution in [2.45, 2.75) is 0 Å². The fourth-order valence-electron chi connectivity index (χ4n) is 3.40. The standard InChI is InChI=1S/C9H4BrCl2N.C9H5BrClN.C9H5Cl2N.BHNS.Sn.2H/c10-7-3-1-2-5-6(7)4-8(11)13-9(5)12;10-8-3-1-2-6-5-12-9(11)4-7(6)8;10-8-5-6-3-1-2-4-7(6)9(11)12-8;1-2-3;;;/h1-4H;2*1-5H;3H;;;. The van der Waals surface area contributed by atoms with E-state index in [1.807, 2.05) is 66.7 Å². The Labute approximate surface area is 302 Å². The van der Waals surface area contributed by atoms with Crippen LogP contribution in [-0.2, 0) is 0 Å². The van der Waals surface area contributed by atoms with Crippen LogP contribution in [0.25, 0.3) is 32.3 Å². The molecule has 4 nitrogen and oxygen atoms in total. The number of hydrogen-bond acceptors (Lipinski definition) is 5. The van der Waals surface area contributed by atoms with E-state index in [1.54, 1.807) is 18.3 Å². The molecule has 3 heterocycles. The minimum absolute atomic E-state index is 0. The van der Waals surface area contributed by atoms with Crippen molar-refractivity contribution in [3.8, 4) is 0 Å². The molecule has 0 aliphatic carbocycles. The summed E-state index contributed by atoms with van der Waals surface area (Å²) in [6.45, 7) is 0. The van der Waals surface area contributed by atoms with E-state index in [9.17, 15) is 0 Å². The van der Waals surface area contributed by atoms with Gasteiger partial charge in [-0.05, 0) is 35.7 Å². The van der Waals surface area contributed by atoms with Crippen LogP contribution >= 0.6 is 103 Å². The Morgan fingerprint density at radius 2 is 1.10 bits per heavy atom. The summed E-state index contributed by atoms with van der Waals surface area (Å²) in [7, 11) is 4.34. The Balaban J connectivity index is 0.000000203. The molecule has 14 heteroatoms. The molecule has 0 fully saturated rings. The molecule has 207 valence electrons. The first-order chi connectivity index (χ1) is 19.1. The molecule has 0 saturated heterocycles. The van der Waals surface area contributed by atoms with Gasteiger partial charge in [-0.15, -0.1) is 0 Å². The van der Waals surface area contributed by atoms with Crippen LogP contribution in [0, 0.1) is 0 Å². The molecular weight excluding hydrogens is 879 g/mol. The summed E-state index contributed by atoms with van der Waals surface area (Å²) >= 11 is 39.1. The van der Waals surface area contributed by atoms with Crippen LogP contribution in [0.5, 0.6) is 0 Å². The molecule has 6 rings (SSSR count). The zero-order chi connectivity index (χ0) is 29.2. The van der Waals surface area contributed by atoms with Gasteiger partial charge in [0.05, 0.1) is 0 Å². The van der Waals surface area contributed by atoms with Crippen LogP contribution < -0.4 is 0 Å². The summed E-state index contributed by atoms with van der Waals surface area (Å²) in [5.41, 5.74) is 0. The Hall–Kier alpha value is -0.686. The van der Waals surface area contributed by atoms with E-state index in [0.717, 1.165) is 41.3 Å². The van der Waals surface area contributed by atoms with Gasteiger partial charge >= 0.3 is 48.7 Å². The molecule has 3 aromatic heterocycles. The molecule has 3 aromatic carbocycles. The number of pyridine rings is 3. The number of nitrogens with zero attached hydrogens (tertiary/aromatic N) is 4. The van der Waals surface area contributed by atoms with Gasteiger partial charge in [-0.25, -0.2) is 15.0 Å². The molecule has 0 saturated carbocycles. The van der Waals surface area contributed by atoms with E-state index in [4.69, 9.17) is 58.0 Å². The van der Waals surface area contributed by atoms with Crippen molar-refractivity contribution in [3.63, 3.8) is 0 Å². The van der Waals surface area contributed by atoms with E-state index >= 15 is 0 Å². The molecule has 6 aromatic rings. The van der Waals surface area contributed by atoms with Crippen LogP contribution in [0.15, 0.2) is 98.3 Å². The summed E-state index contributed by atoms with van der Waals surface area (Å²) in [4.78, 5) is 11.9. The number of halogens is 7. The fraction of sp³-hybridized carbons (Fsp3) is 0. The third-order valence-electron chi connectivity index (χ3n) is 5.08. The Morgan fingerprint density at radius 3 is 1.78 bits per heavy atom. The maximum atomic E-state index is 5.92. The van der Waals surface area contributed by atoms with Gasteiger partial charge in [0.2, 0.25) is 0 Å². The number of hydrogen-bond donors (Lipinski definition) is 1. The molecule has 0 atom stereocenters. The molecule has 0 spiro atoms. The van der Waals surface area contributed by atoms with Crippen LogP contribution in [0.4, 0.5) is 0 Å². The number of fused-ring (bicyclic) bond motifs is 3. The number of thiol groups is 1. The van der Waals surface area contributed by atoms with Gasteiger partial charge in [0, 0.05) is 42.1 Å². The van der Waals surface area contributed by atoms with Gasteiger partial charge in [0.1, 0.15) is 25.8 Å². The SMILES string of the molecule is Clc1cc2c(Br)cccc2c(Cl)n1.Clc1cc2c(Br)cccc2cn1.Clc1cc2ccccc2c(Cl)n1.[B]=NS.[SnH2]. The first kappa shape index (κ1) is 36.5. The summed E-state index contributed by atoms with van der Waals surface area (Å²) < 4.78 is 4.71. The molecule has 0 aliphatic rings. The van der Waals surface area contributed by atoms with Gasteiger partial charge in [0.25, 0.3) is 0 Å². The first-order valence-corrected chi connectivity index (χ1v) is 14.9. The van der Waals surface area contributed by atoms with Crippen molar-refractivity contribution in [2.75, 3.05) is 0 Å². The summed E-state index contributed by atoms with van der Waals surface area (Å²) in [5, 5.41) is 8.27. The monoisotopic (exact) mass is 893 g/mol. The Kier molecular flexibility index (Phi) is 16.2. The maximum absolute atomic E-state index is 5.92. The minimum atomic E-state index is 0. The predicted octanol–water partition coefficient (Wildman–Crippen LogP) is 10.8. The van der Waals surface area contributed by atoms with Crippen molar-refractivity contribution in [3.05, 3.63) is 120 Å². The van der Waals surface area contributed by atoms with E-state index < -0.39 is 0 Å².